The molecule has 0 saturated carbocycles. The molecule has 0 bridgehead atoms. The van der Waals surface area contributed by atoms with Crippen molar-refractivity contribution in [3.05, 3.63) is 59.9 Å². The zero-order valence-electron chi connectivity index (χ0n) is 16.5. The molecule has 3 aromatic rings. The topological polar surface area (TPSA) is 81.4 Å². The summed E-state index contributed by atoms with van der Waals surface area (Å²) in [6.45, 7) is 2.52. The van der Waals surface area contributed by atoms with Gasteiger partial charge in [0.05, 0.1) is 29.1 Å². The van der Waals surface area contributed by atoms with Crippen molar-refractivity contribution >= 4 is 20.9 Å². The summed E-state index contributed by atoms with van der Waals surface area (Å²) in [6.07, 6.45) is 0.559. The number of aliphatic hydroxyl groups is 1. The van der Waals surface area contributed by atoms with E-state index in [1.165, 1.54) is 0 Å². The summed E-state index contributed by atoms with van der Waals surface area (Å²) < 4.78 is 31.4. The standard InChI is InChI=1S/C22H26N2O4S/c1-16-5-4-6-19(11-16)28-14-18(25)13-24-21-8-3-2-7-20(21)23-22(24)12-17-9-10-29(26,27)15-17/h2-8,11,17-18,25H,9-10,12-15H2,1H3/t17-,18-/m0/s1. The van der Waals surface area contributed by atoms with E-state index in [1.54, 1.807) is 0 Å². The van der Waals surface area contributed by atoms with E-state index in [1.807, 2.05) is 60.0 Å². The van der Waals surface area contributed by atoms with Crippen LogP contribution in [0, 0.1) is 12.8 Å². The largest absolute Gasteiger partial charge is 0.491 e. The van der Waals surface area contributed by atoms with Crippen LogP contribution in [0.2, 0.25) is 0 Å². The summed E-state index contributed by atoms with van der Waals surface area (Å²) in [4.78, 5) is 4.72. The molecule has 7 heteroatoms. The van der Waals surface area contributed by atoms with E-state index >= 15 is 0 Å². The lowest BCUT2D eigenvalue weighted by Gasteiger charge is -2.17. The van der Waals surface area contributed by atoms with Gasteiger partial charge in [-0.15, -0.1) is 0 Å². The van der Waals surface area contributed by atoms with Crippen molar-refractivity contribution in [3.8, 4) is 5.75 Å². The molecule has 1 saturated heterocycles. The number of nitrogens with zero attached hydrogens (tertiary/aromatic N) is 2. The highest BCUT2D eigenvalue weighted by Gasteiger charge is 2.29. The van der Waals surface area contributed by atoms with E-state index < -0.39 is 15.9 Å². The lowest BCUT2D eigenvalue weighted by molar-refractivity contribution is 0.0925. The van der Waals surface area contributed by atoms with E-state index in [4.69, 9.17) is 9.72 Å². The van der Waals surface area contributed by atoms with E-state index in [9.17, 15) is 13.5 Å². The molecule has 1 N–H and O–H groups in total. The minimum Gasteiger partial charge on any atom is -0.491 e. The Morgan fingerprint density at radius 3 is 2.83 bits per heavy atom. The lowest BCUT2D eigenvalue weighted by atomic mass is 10.1. The van der Waals surface area contributed by atoms with Crippen molar-refractivity contribution in [1.82, 2.24) is 9.55 Å². The zero-order valence-corrected chi connectivity index (χ0v) is 17.3. The predicted molar refractivity (Wildman–Crippen MR) is 113 cm³/mol. The van der Waals surface area contributed by atoms with Gasteiger partial charge in [0.2, 0.25) is 0 Å². The van der Waals surface area contributed by atoms with E-state index in [0.717, 1.165) is 28.2 Å². The first-order valence-corrected chi connectivity index (χ1v) is 11.7. The molecule has 0 aliphatic carbocycles. The quantitative estimate of drug-likeness (QED) is 0.643. The molecule has 0 amide bonds. The van der Waals surface area contributed by atoms with Crippen molar-refractivity contribution in [1.29, 1.82) is 0 Å². The van der Waals surface area contributed by atoms with Gasteiger partial charge in [-0.05, 0) is 49.1 Å². The molecule has 2 aromatic carbocycles. The molecule has 1 fully saturated rings. The number of imidazole rings is 1. The number of hydrogen-bond acceptors (Lipinski definition) is 5. The molecule has 0 unspecified atom stereocenters. The monoisotopic (exact) mass is 414 g/mol. The van der Waals surface area contributed by atoms with Gasteiger partial charge < -0.3 is 14.4 Å². The molecule has 1 aromatic heterocycles. The van der Waals surface area contributed by atoms with Gasteiger partial charge in [-0.2, -0.15) is 0 Å². The fraction of sp³-hybridized carbons (Fsp3) is 0.409. The SMILES string of the molecule is Cc1cccc(OC[C@@H](O)Cn2c(C[C@@H]3CCS(=O)(=O)C3)nc3ccccc32)c1. The number of aromatic nitrogens is 2. The molecule has 0 radical (unpaired) electrons. The van der Waals surface area contributed by atoms with Gasteiger partial charge in [-0.1, -0.05) is 24.3 Å². The summed E-state index contributed by atoms with van der Waals surface area (Å²) in [7, 11) is -2.93. The number of benzene rings is 2. The van der Waals surface area contributed by atoms with Gasteiger partial charge in [0.25, 0.3) is 0 Å². The zero-order chi connectivity index (χ0) is 20.4. The number of hydrogen-bond donors (Lipinski definition) is 1. The van der Waals surface area contributed by atoms with Crippen LogP contribution in [0.3, 0.4) is 0 Å². The first-order chi connectivity index (χ1) is 13.9. The highest BCUT2D eigenvalue weighted by molar-refractivity contribution is 7.91. The number of aliphatic hydroxyl groups excluding tert-OH is 1. The summed E-state index contributed by atoms with van der Waals surface area (Å²) >= 11 is 0. The number of aryl methyl sites for hydroxylation is 1. The molecule has 0 spiro atoms. The van der Waals surface area contributed by atoms with E-state index in [0.29, 0.717) is 19.4 Å². The Hall–Kier alpha value is -2.38. The van der Waals surface area contributed by atoms with Gasteiger partial charge in [0.1, 0.15) is 24.3 Å². The van der Waals surface area contributed by atoms with Crippen LogP contribution >= 0.6 is 0 Å². The van der Waals surface area contributed by atoms with Crippen molar-refractivity contribution in [2.75, 3.05) is 18.1 Å². The highest BCUT2D eigenvalue weighted by Crippen LogP contribution is 2.25. The van der Waals surface area contributed by atoms with Gasteiger partial charge in [0, 0.05) is 6.42 Å². The van der Waals surface area contributed by atoms with Gasteiger partial charge in [-0.25, -0.2) is 13.4 Å². The number of rotatable bonds is 7. The van der Waals surface area contributed by atoms with Crippen LogP contribution in [0.4, 0.5) is 0 Å². The summed E-state index contributed by atoms with van der Waals surface area (Å²) in [5, 5.41) is 10.6. The highest BCUT2D eigenvalue weighted by atomic mass is 32.2. The molecule has 1 aliphatic heterocycles. The van der Waals surface area contributed by atoms with Crippen molar-refractivity contribution in [3.63, 3.8) is 0 Å². The van der Waals surface area contributed by atoms with E-state index in [2.05, 4.69) is 0 Å². The maximum atomic E-state index is 11.8. The summed E-state index contributed by atoms with van der Waals surface area (Å²) in [5.41, 5.74) is 2.90. The molecule has 6 nitrogen and oxygen atoms in total. The van der Waals surface area contributed by atoms with E-state index in [-0.39, 0.29) is 24.0 Å². The second-order valence-corrected chi connectivity index (χ2v) is 10.1. The molecule has 2 heterocycles. The third-order valence-corrected chi connectivity index (χ3v) is 7.19. The Morgan fingerprint density at radius 2 is 2.07 bits per heavy atom. The van der Waals surface area contributed by atoms with Crippen LogP contribution in [0.25, 0.3) is 11.0 Å². The Bertz CT molecular complexity index is 1110. The number of fused-ring (bicyclic) bond motifs is 1. The molecule has 4 rings (SSSR count). The minimum atomic E-state index is -2.93. The second kappa shape index (κ2) is 8.16. The average Bonchev–Trinajstić information content (AvgIpc) is 3.20. The van der Waals surface area contributed by atoms with Crippen LogP contribution in [-0.4, -0.2) is 47.3 Å². The normalized spacial score (nSPS) is 19.4. The van der Waals surface area contributed by atoms with Crippen molar-refractivity contribution < 1.29 is 18.3 Å². The van der Waals surface area contributed by atoms with Crippen LogP contribution in [-0.2, 0) is 22.8 Å². The van der Waals surface area contributed by atoms with Crippen LogP contribution in [0.1, 0.15) is 17.8 Å². The maximum absolute atomic E-state index is 11.8. The fourth-order valence-electron chi connectivity index (χ4n) is 3.94. The smallest absolute Gasteiger partial charge is 0.150 e. The molecule has 154 valence electrons. The second-order valence-electron chi connectivity index (χ2n) is 7.88. The molecule has 1 aliphatic rings. The Labute approximate surface area is 171 Å². The van der Waals surface area contributed by atoms with Crippen LogP contribution < -0.4 is 4.74 Å². The number of sulfone groups is 1. The Morgan fingerprint density at radius 1 is 1.24 bits per heavy atom. The summed E-state index contributed by atoms with van der Waals surface area (Å²) in [6, 6.07) is 15.5. The Balaban J connectivity index is 1.50. The molecule has 29 heavy (non-hydrogen) atoms. The minimum absolute atomic E-state index is 0.0799. The average molecular weight is 415 g/mol. The predicted octanol–water partition coefficient (Wildman–Crippen LogP) is 2.76. The number of para-hydroxylation sites is 2. The van der Waals surface area contributed by atoms with Crippen LogP contribution in [0.15, 0.2) is 48.5 Å². The fourth-order valence-corrected chi connectivity index (χ4v) is 5.80. The lowest BCUT2D eigenvalue weighted by Crippen LogP contribution is -2.25. The Kier molecular flexibility index (Phi) is 5.61. The molecular formula is C22H26N2O4S. The van der Waals surface area contributed by atoms with Crippen LogP contribution in [0.5, 0.6) is 5.75 Å². The number of ether oxygens (including phenoxy) is 1. The third kappa shape index (κ3) is 4.79. The first-order valence-electron chi connectivity index (χ1n) is 9.92. The van der Waals surface area contributed by atoms with Crippen molar-refractivity contribution in [2.24, 2.45) is 5.92 Å². The summed E-state index contributed by atoms with van der Waals surface area (Å²) in [5.74, 6) is 2.11. The molecular weight excluding hydrogens is 388 g/mol. The van der Waals surface area contributed by atoms with Gasteiger partial charge >= 0.3 is 0 Å². The third-order valence-electron chi connectivity index (χ3n) is 5.36. The van der Waals surface area contributed by atoms with Gasteiger partial charge in [-0.3, -0.25) is 0 Å². The van der Waals surface area contributed by atoms with Crippen molar-refractivity contribution in [2.45, 2.75) is 32.4 Å². The maximum Gasteiger partial charge on any atom is 0.150 e. The van der Waals surface area contributed by atoms with Gasteiger partial charge in [0.15, 0.2) is 9.84 Å². The first kappa shape index (κ1) is 19.9. The molecule has 2 atom stereocenters.